The Balaban J connectivity index is 2.23. The van der Waals surface area contributed by atoms with Crippen LogP contribution in [0.1, 0.15) is 12.5 Å². The van der Waals surface area contributed by atoms with Crippen LogP contribution in [0.3, 0.4) is 0 Å². The van der Waals surface area contributed by atoms with Gasteiger partial charge in [-0.2, -0.15) is 0 Å². The molecular weight excluding hydrogens is 372 g/mol. The lowest BCUT2D eigenvalue weighted by Gasteiger charge is -2.08. The third kappa shape index (κ3) is 3.69. The van der Waals surface area contributed by atoms with Crippen LogP contribution in [0.4, 0.5) is 4.79 Å². The lowest BCUT2D eigenvalue weighted by Crippen LogP contribution is -2.36. The predicted octanol–water partition coefficient (Wildman–Crippen LogP) is 2.37. The fourth-order valence-corrected chi connectivity index (χ4v) is 3.17. The first-order chi connectivity index (χ1) is 10.4. The molecule has 2 rings (SSSR count). The van der Waals surface area contributed by atoms with Crippen LogP contribution in [0.5, 0.6) is 5.75 Å². The highest BCUT2D eigenvalue weighted by Gasteiger charge is 2.35. The second kappa shape index (κ2) is 6.97. The Morgan fingerprint density at radius 1 is 1.45 bits per heavy atom. The molecule has 6 nitrogen and oxygen atoms in total. The molecule has 1 aromatic carbocycles. The molecule has 0 unspecified atom stereocenters. The molecule has 8 heteroatoms. The lowest BCUT2D eigenvalue weighted by atomic mass is 10.2. The van der Waals surface area contributed by atoms with Gasteiger partial charge >= 0.3 is 0 Å². The standard InChI is InChI=1S/C14H13BrN2O4S/c1-2-21-10-4-3-8(5-9(10)15)6-11-13(19)17(7-12(16)18)14(20)22-11/h3-6H,2,7H2,1H3,(H2,16,18)/b11-6-. The third-order valence-electron chi connectivity index (χ3n) is 2.74. The van der Waals surface area contributed by atoms with Crippen molar-refractivity contribution in [2.45, 2.75) is 6.92 Å². The summed E-state index contributed by atoms with van der Waals surface area (Å²) in [5.41, 5.74) is 5.76. The van der Waals surface area contributed by atoms with Crippen molar-refractivity contribution < 1.29 is 19.1 Å². The molecule has 3 amide bonds. The van der Waals surface area contributed by atoms with E-state index in [-0.39, 0.29) is 4.91 Å². The zero-order chi connectivity index (χ0) is 16.3. The van der Waals surface area contributed by atoms with Crippen molar-refractivity contribution in [2.24, 2.45) is 5.73 Å². The van der Waals surface area contributed by atoms with Gasteiger partial charge in [-0.05, 0) is 58.4 Å². The Hall–Kier alpha value is -1.80. The lowest BCUT2D eigenvalue weighted by molar-refractivity contribution is -0.127. The van der Waals surface area contributed by atoms with Crippen LogP contribution in [0.2, 0.25) is 0 Å². The molecule has 0 bridgehead atoms. The van der Waals surface area contributed by atoms with Gasteiger partial charge in [0.25, 0.3) is 11.1 Å². The van der Waals surface area contributed by atoms with E-state index in [2.05, 4.69) is 15.9 Å². The molecule has 0 aromatic heterocycles. The number of carbonyl (C=O) groups excluding carboxylic acids is 3. The molecular formula is C14H13BrN2O4S. The number of hydrogen-bond donors (Lipinski definition) is 1. The molecule has 2 N–H and O–H groups in total. The minimum absolute atomic E-state index is 0.252. The van der Waals surface area contributed by atoms with Crippen molar-refractivity contribution in [3.8, 4) is 5.75 Å². The first-order valence-corrected chi connectivity index (χ1v) is 7.99. The molecule has 0 aliphatic carbocycles. The van der Waals surface area contributed by atoms with Crippen molar-refractivity contribution in [2.75, 3.05) is 13.2 Å². The Bertz CT molecular complexity index is 675. The van der Waals surface area contributed by atoms with Crippen molar-refractivity contribution in [1.82, 2.24) is 4.90 Å². The van der Waals surface area contributed by atoms with Gasteiger partial charge in [0.15, 0.2) is 0 Å². The van der Waals surface area contributed by atoms with Crippen LogP contribution in [-0.4, -0.2) is 35.1 Å². The molecule has 1 aliphatic heterocycles. The number of imide groups is 1. The maximum Gasteiger partial charge on any atom is 0.294 e. The van der Waals surface area contributed by atoms with Gasteiger partial charge in [0.1, 0.15) is 12.3 Å². The van der Waals surface area contributed by atoms with E-state index in [1.807, 2.05) is 6.92 Å². The summed E-state index contributed by atoms with van der Waals surface area (Å²) in [6.45, 7) is 2.02. The van der Waals surface area contributed by atoms with E-state index in [1.54, 1.807) is 24.3 Å². The number of ether oxygens (including phenoxy) is 1. The van der Waals surface area contributed by atoms with Crippen molar-refractivity contribution in [1.29, 1.82) is 0 Å². The predicted molar refractivity (Wildman–Crippen MR) is 87.2 cm³/mol. The summed E-state index contributed by atoms with van der Waals surface area (Å²) in [5, 5.41) is -0.500. The molecule has 1 heterocycles. The molecule has 116 valence electrons. The summed E-state index contributed by atoms with van der Waals surface area (Å²) in [6.07, 6.45) is 1.59. The monoisotopic (exact) mass is 384 g/mol. The average molecular weight is 385 g/mol. The summed E-state index contributed by atoms with van der Waals surface area (Å²) in [6, 6.07) is 5.33. The summed E-state index contributed by atoms with van der Waals surface area (Å²) >= 11 is 4.17. The zero-order valence-electron chi connectivity index (χ0n) is 11.7. The molecule has 0 radical (unpaired) electrons. The highest BCUT2D eigenvalue weighted by Crippen LogP contribution is 2.33. The second-order valence-corrected chi connectivity index (χ2v) is 6.20. The molecule has 0 saturated carbocycles. The van der Waals surface area contributed by atoms with Gasteiger partial charge < -0.3 is 10.5 Å². The number of rotatable bonds is 5. The molecule has 1 aromatic rings. The van der Waals surface area contributed by atoms with Crippen LogP contribution in [0, 0.1) is 0 Å². The average Bonchev–Trinajstić information content (AvgIpc) is 2.69. The van der Waals surface area contributed by atoms with Gasteiger partial charge in [-0.1, -0.05) is 6.07 Å². The van der Waals surface area contributed by atoms with Crippen LogP contribution < -0.4 is 10.5 Å². The molecule has 1 saturated heterocycles. The minimum atomic E-state index is -0.729. The van der Waals surface area contributed by atoms with E-state index in [0.29, 0.717) is 12.4 Å². The molecule has 0 spiro atoms. The molecule has 22 heavy (non-hydrogen) atoms. The number of nitrogens with two attached hydrogens (primary N) is 1. The summed E-state index contributed by atoms with van der Waals surface area (Å²) in [4.78, 5) is 35.8. The molecule has 0 atom stereocenters. The van der Waals surface area contributed by atoms with E-state index in [4.69, 9.17) is 10.5 Å². The number of halogens is 1. The Kier molecular flexibility index (Phi) is 5.25. The third-order valence-corrected chi connectivity index (χ3v) is 4.27. The van der Waals surface area contributed by atoms with Crippen molar-refractivity contribution in [3.63, 3.8) is 0 Å². The maximum atomic E-state index is 12.1. The second-order valence-electron chi connectivity index (χ2n) is 4.36. The van der Waals surface area contributed by atoms with Crippen LogP contribution in [0.15, 0.2) is 27.6 Å². The van der Waals surface area contributed by atoms with Crippen LogP contribution >= 0.6 is 27.7 Å². The zero-order valence-corrected chi connectivity index (χ0v) is 14.1. The number of carbonyl (C=O) groups is 3. The largest absolute Gasteiger partial charge is 0.493 e. The smallest absolute Gasteiger partial charge is 0.294 e. The summed E-state index contributed by atoms with van der Waals surface area (Å²) < 4.78 is 6.16. The van der Waals surface area contributed by atoms with E-state index in [9.17, 15) is 14.4 Å². The first kappa shape index (κ1) is 16.6. The van der Waals surface area contributed by atoms with Gasteiger partial charge in [-0.25, -0.2) is 0 Å². The van der Waals surface area contributed by atoms with E-state index in [1.165, 1.54) is 0 Å². The number of primary amides is 1. The number of hydrogen-bond acceptors (Lipinski definition) is 5. The number of amides is 3. The first-order valence-electron chi connectivity index (χ1n) is 6.38. The highest BCUT2D eigenvalue weighted by molar-refractivity contribution is 9.10. The van der Waals surface area contributed by atoms with Gasteiger partial charge in [0.2, 0.25) is 5.91 Å². The number of nitrogens with zero attached hydrogens (tertiary/aromatic N) is 1. The maximum absolute atomic E-state index is 12.1. The fraction of sp³-hybridized carbons (Fsp3) is 0.214. The summed E-state index contributed by atoms with van der Waals surface area (Å²) in [5.74, 6) is -0.548. The van der Waals surface area contributed by atoms with E-state index in [0.717, 1.165) is 26.7 Å². The van der Waals surface area contributed by atoms with Crippen molar-refractivity contribution in [3.05, 3.63) is 33.1 Å². The van der Waals surface area contributed by atoms with Gasteiger partial charge in [-0.3, -0.25) is 19.3 Å². The highest BCUT2D eigenvalue weighted by atomic mass is 79.9. The fourth-order valence-electron chi connectivity index (χ4n) is 1.82. The Morgan fingerprint density at radius 3 is 2.77 bits per heavy atom. The Labute approximate surface area is 139 Å². The molecule has 1 aliphatic rings. The summed E-state index contributed by atoms with van der Waals surface area (Å²) in [7, 11) is 0. The quantitative estimate of drug-likeness (QED) is 0.786. The van der Waals surface area contributed by atoms with E-state index >= 15 is 0 Å². The topological polar surface area (TPSA) is 89.7 Å². The number of benzene rings is 1. The minimum Gasteiger partial charge on any atom is -0.493 e. The van der Waals surface area contributed by atoms with Crippen molar-refractivity contribution >= 4 is 50.8 Å². The normalized spacial score (nSPS) is 16.5. The van der Waals surface area contributed by atoms with Crippen LogP contribution in [0.25, 0.3) is 6.08 Å². The van der Waals surface area contributed by atoms with E-state index < -0.39 is 23.6 Å². The van der Waals surface area contributed by atoms with Gasteiger partial charge in [-0.15, -0.1) is 0 Å². The van der Waals surface area contributed by atoms with Gasteiger partial charge in [0, 0.05) is 0 Å². The van der Waals surface area contributed by atoms with Gasteiger partial charge in [0.05, 0.1) is 16.0 Å². The number of thioether (sulfide) groups is 1. The van der Waals surface area contributed by atoms with Crippen LogP contribution in [-0.2, 0) is 9.59 Å². The molecule has 1 fully saturated rings. The Morgan fingerprint density at radius 2 is 2.18 bits per heavy atom. The SMILES string of the molecule is CCOc1ccc(/C=C2\SC(=O)N(CC(N)=O)C2=O)cc1Br.